The lowest BCUT2D eigenvalue weighted by Crippen LogP contribution is -2.11. The Balaban J connectivity index is 1.88. The molecule has 0 amide bonds. The van der Waals surface area contributed by atoms with Crippen LogP contribution in [0.4, 0.5) is 0 Å². The number of carbonyl (C=O) groups is 2. The second kappa shape index (κ2) is 6.31. The van der Waals surface area contributed by atoms with Crippen molar-refractivity contribution < 1.29 is 19.8 Å². The second-order valence-corrected chi connectivity index (χ2v) is 6.39. The number of benzene rings is 1. The van der Waals surface area contributed by atoms with Crippen molar-refractivity contribution in [3.8, 4) is 0 Å². The van der Waals surface area contributed by atoms with E-state index in [0.29, 0.717) is 0 Å². The standard InChI is InChI=1S/C15H18O4S/c16-13(17)7-11-3-1-2-4-12(11)9-20-10-15(5-6-15)8-14(18)19/h1-4H,5-10H2,(H,16,17)(H,18,19). The lowest BCUT2D eigenvalue weighted by molar-refractivity contribution is -0.138. The van der Waals surface area contributed by atoms with Crippen molar-refractivity contribution in [2.24, 2.45) is 5.41 Å². The van der Waals surface area contributed by atoms with E-state index in [1.165, 1.54) is 0 Å². The SMILES string of the molecule is O=C(O)Cc1ccccc1CSCC1(CC(=O)O)CC1. The zero-order valence-electron chi connectivity index (χ0n) is 11.2. The maximum Gasteiger partial charge on any atom is 0.307 e. The summed E-state index contributed by atoms with van der Waals surface area (Å²) in [5, 5.41) is 17.8. The van der Waals surface area contributed by atoms with Crippen LogP contribution < -0.4 is 0 Å². The van der Waals surface area contributed by atoms with Crippen molar-refractivity contribution in [3.05, 3.63) is 35.4 Å². The largest absolute Gasteiger partial charge is 0.481 e. The first-order valence-electron chi connectivity index (χ1n) is 6.59. The van der Waals surface area contributed by atoms with Crippen LogP contribution in [-0.4, -0.2) is 27.9 Å². The molecule has 1 aromatic carbocycles. The number of carboxylic acid groups (broad SMARTS) is 2. The van der Waals surface area contributed by atoms with Gasteiger partial charge in [0.2, 0.25) is 0 Å². The molecule has 1 aliphatic rings. The Morgan fingerprint density at radius 3 is 2.30 bits per heavy atom. The molecule has 4 nitrogen and oxygen atoms in total. The number of aliphatic carboxylic acids is 2. The minimum atomic E-state index is -0.827. The van der Waals surface area contributed by atoms with Crippen LogP contribution in [0.1, 0.15) is 30.4 Å². The molecule has 0 aromatic heterocycles. The van der Waals surface area contributed by atoms with Crippen LogP contribution in [-0.2, 0) is 21.8 Å². The molecule has 0 atom stereocenters. The second-order valence-electron chi connectivity index (χ2n) is 5.40. The predicted molar refractivity (Wildman–Crippen MR) is 77.9 cm³/mol. The maximum absolute atomic E-state index is 10.8. The summed E-state index contributed by atoms with van der Waals surface area (Å²) in [4.78, 5) is 21.6. The van der Waals surface area contributed by atoms with Crippen LogP contribution in [0.2, 0.25) is 0 Å². The fourth-order valence-electron chi connectivity index (χ4n) is 2.28. The number of hydrogen-bond acceptors (Lipinski definition) is 3. The number of rotatable bonds is 8. The Labute approximate surface area is 122 Å². The molecule has 0 spiro atoms. The lowest BCUT2D eigenvalue weighted by Gasteiger charge is -2.13. The van der Waals surface area contributed by atoms with Gasteiger partial charge in [-0.25, -0.2) is 0 Å². The van der Waals surface area contributed by atoms with Crippen molar-refractivity contribution in [1.82, 2.24) is 0 Å². The zero-order chi connectivity index (χ0) is 14.6. The fourth-order valence-corrected chi connectivity index (χ4v) is 3.71. The van der Waals surface area contributed by atoms with Gasteiger partial charge in [-0.1, -0.05) is 24.3 Å². The maximum atomic E-state index is 10.8. The van der Waals surface area contributed by atoms with Crippen LogP contribution in [0.5, 0.6) is 0 Å². The first-order valence-corrected chi connectivity index (χ1v) is 7.74. The topological polar surface area (TPSA) is 74.6 Å². The quantitative estimate of drug-likeness (QED) is 0.771. The van der Waals surface area contributed by atoms with E-state index in [2.05, 4.69) is 0 Å². The van der Waals surface area contributed by atoms with Crippen LogP contribution in [0.25, 0.3) is 0 Å². The van der Waals surface area contributed by atoms with E-state index in [1.54, 1.807) is 11.8 Å². The summed E-state index contributed by atoms with van der Waals surface area (Å²) >= 11 is 1.70. The predicted octanol–water partition coefficient (Wildman–Crippen LogP) is 2.80. The summed E-state index contributed by atoms with van der Waals surface area (Å²) in [5.74, 6) is 0.0206. The van der Waals surface area contributed by atoms with Crippen LogP contribution in [0.15, 0.2) is 24.3 Å². The number of thioether (sulfide) groups is 1. The molecule has 20 heavy (non-hydrogen) atoms. The van der Waals surface area contributed by atoms with E-state index in [0.717, 1.165) is 35.5 Å². The van der Waals surface area contributed by atoms with Crippen molar-refractivity contribution >= 4 is 23.7 Å². The van der Waals surface area contributed by atoms with E-state index < -0.39 is 11.9 Å². The third-order valence-electron chi connectivity index (χ3n) is 3.61. The van der Waals surface area contributed by atoms with Crippen LogP contribution in [0, 0.1) is 5.41 Å². The number of hydrogen-bond donors (Lipinski definition) is 2. The van der Waals surface area contributed by atoms with E-state index in [4.69, 9.17) is 10.2 Å². The summed E-state index contributed by atoms with van der Waals surface area (Å²) in [6, 6.07) is 7.54. The van der Waals surface area contributed by atoms with Gasteiger partial charge in [0.25, 0.3) is 0 Å². The van der Waals surface area contributed by atoms with Crippen molar-refractivity contribution in [2.75, 3.05) is 5.75 Å². The average molecular weight is 294 g/mol. The summed E-state index contributed by atoms with van der Waals surface area (Å²) in [6.07, 6.45) is 2.26. The van der Waals surface area contributed by atoms with E-state index in [9.17, 15) is 9.59 Å². The third-order valence-corrected chi connectivity index (χ3v) is 4.94. The van der Waals surface area contributed by atoms with Gasteiger partial charge < -0.3 is 10.2 Å². The van der Waals surface area contributed by atoms with Crippen LogP contribution >= 0.6 is 11.8 Å². The third kappa shape index (κ3) is 4.27. The van der Waals surface area contributed by atoms with Crippen molar-refractivity contribution in [3.63, 3.8) is 0 Å². The minimum absolute atomic E-state index is 0.0156. The summed E-state index contributed by atoms with van der Waals surface area (Å²) in [5.41, 5.74) is 1.86. The Morgan fingerprint density at radius 1 is 1.10 bits per heavy atom. The van der Waals surface area contributed by atoms with Crippen LogP contribution in [0.3, 0.4) is 0 Å². The summed E-state index contributed by atoms with van der Waals surface area (Å²) in [7, 11) is 0. The first kappa shape index (κ1) is 14.9. The molecule has 1 saturated carbocycles. The van der Waals surface area contributed by atoms with Gasteiger partial charge in [0.1, 0.15) is 0 Å². The fraction of sp³-hybridized carbons (Fsp3) is 0.467. The van der Waals surface area contributed by atoms with E-state index in [-0.39, 0.29) is 18.3 Å². The summed E-state index contributed by atoms with van der Waals surface area (Å²) in [6.45, 7) is 0. The smallest absolute Gasteiger partial charge is 0.307 e. The zero-order valence-corrected chi connectivity index (χ0v) is 12.0. The highest BCUT2D eigenvalue weighted by Gasteiger charge is 2.44. The molecule has 0 heterocycles. The van der Waals surface area contributed by atoms with Gasteiger partial charge in [-0.15, -0.1) is 0 Å². The molecule has 1 aromatic rings. The normalized spacial score (nSPS) is 15.8. The summed E-state index contributed by atoms with van der Waals surface area (Å²) < 4.78 is 0. The molecule has 1 fully saturated rings. The molecular weight excluding hydrogens is 276 g/mol. The van der Waals surface area contributed by atoms with Gasteiger partial charge in [-0.05, 0) is 35.1 Å². The monoisotopic (exact) mass is 294 g/mol. The van der Waals surface area contributed by atoms with Gasteiger partial charge in [0.15, 0.2) is 0 Å². The molecule has 108 valence electrons. The number of carboxylic acids is 2. The highest BCUT2D eigenvalue weighted by Crippen LogP contribution is 2.51. The highest BCUT2D eigenvalue weighted by atomic mass is 32.2. The van der Waals surface area contributed by atoms with Gasteiger partial charge in [0.05, 0.1) is 12.8 Å². The van der Waals surface area contributed by atoms with Gasteiger partial charge in [0, 0.05) is 5.75 Å². The molecule has 0 unspecified atom stereocenters. The Kier molecular flexibility index (Phi) is 4.70. The lowest BCUT2D eigenvalue weighted by atomic mass is 10.1. The molecule has 0 radical (unpaired) electrons. The van der Waals surface area contributed by atoms with E-state index >= 15 is 0 Å². The van der Waals surface area contributed by atoms with Crippen molar-refractivity contribution in [1.29, 1.82) is 0 Å². The minimum Gasteiger partial charge on any atom is -0.481 e. The molecule has 1 aliphatic carbocycles. The molecular formula is C15H18O4S. The average Bonchev–Trinajstić information content (AvgIpc) is 3.09. The molecule has 2 N–H and O–H groups in total. The van der Waals surface area contributed by atoms with Gasteiger partial charge in [-0.3, -0.25) is 9.59 Å². The highest BCUT2D eigenvalue weighted by molar-refractivity contribution is 7.98. The Morgan fingerprint density at radius 2 is 1.75 bits per heavy atom. The van der Waals surface area contributed by atoms with E-state index in [1.807, 2.05) is 24.3 Å². The Bertz CT molecular complexity index is 508. The van der Waals surface area contributed by atoms with Gasteiger partial charge in [-0.2, -0.15) is 11.8 Å². The molecule has 0 bridgehead atoms. The molecule has 0 aliphatic heterocycles. The molecule has 5 heteroatoms. The Hall–Kier alpha value is -1.49. The molecule has 2 rings (SSSR count). The first-order chi connectivity index (χ1) is 9.51. The molecule has 0 saturated heterocycles. The van der Waals surface area contributed by atoms with Gasteiger partial charge >= 0.3 is 11.9 Å². The van der Waals surface area contributed by atoms with Crippen molar-refractivity contribution in [2.45, 2.75) is 31.4 Å².